The molecule has 0 aliphatic carbocycles. The normalized spacial score (nSPS) is 13.2. The van der Waals surface area contributed by atoms with Crippen molar-refractivity contribution in [2.45, 2.75) is 58.4 Å². The van der Waals surface area contributed by atoms with Crippen LogP contribution in [0.2, 0.25) is 0 Å². The van der Waals surface area contributed by atoms with Gasteiger partial charge in [0.2, 0.25) is 0 Å². The zero-order valence-corrected chi connectivity index (χ0v) is 11.2. The van der Waals surface area contributed by atoms with Crippen molar-refractivity contribution in [2.75, 3.05) is 0 Å². The van der Waals surface area contributed by atoms with E-state index in [-0.39, 0.29) is 11.0 Å². The van der Waals surface area contributed by atoms with Crippen LogP contribution in [0.1, 0.15) is 51.7 Å². The second kappa shape index (κ2) is 4.22. The van der Waals surface area contributed by atoms with Gasteiger partial charge in [0.1, 0.15) is 0 Å². The highest BCUT2D eigenvalue weighted by molar-refractivity contribution is 7.09. The summed E-state index contributed by atoms with van der Waals surface area (Å²) in [4.78, 5) is 4.65. The topological polar surface area (TPSA) is 38.9 Å². The van der Waals surface area contributed by atoms with Gasteiger partial charge in [0.25, 0.3) is 0 Å². The zero-order chi connectivity index (χ0) is 11.7. The fraction of sp³-hybridized carbons (Fsp3) is 0.750. The van der Waals surface area contributed by atoms with Gasteiger partial charge in [-0.1, -0.05) is 20.8 Å². The number of hydrogen-bond acceptors (Lipinski definition) is 3. The molecule has 86 valence electrons. The van der Waals surface area contributed by atoms with Crippen molar-refractivity contribution in [3.8, 4) is 0 Å². The Bertz CT molecular complexity index is 315. The average molecular weight is 226 g/mol. The maximum absolute atomic E-state index is 5.95. The van der Waals surface area contributed by atoms with Crippen molar-refractivity contribution in [1.82, 2.24) is 4.98 Å². The van der Waals surface area contributed by atoms with E-state index < -0.39 is 0 Å². The Hall–Kier alpha value is -0.410. The maximum Gasteiger partial charge on any atom is 0.0981 e. The summed E-state index contributed by atoms with van der Waals surface area (Å²) in [5.74, 6) is 0. The molecule has 0 radical (unpaired) electrons. The van der Waals surface area contributed by atoms with Gasteiger partial charge in [-0.3, -0.25) is 0 Å². The monoisotopic (exact) mass is 226 g/mol. The van der Waals surface area contributed by atoms with E-state index in [1.165, 1.54) is 10.7 Å². The Labute approximate surface area is 96.9 Å². The van der Waals surface area contributed by atoms with Crippen LogP contribution in [0.3, 0.4) is 0 Å². The van der Waals surface area contributed by atoms with Gasteiger partial charge >= 0.3 is 0 Å². The maximum atomic E-state index is 5.95. The standard InChI is InChI=1S/C12H22N2S/c1-11(2,3)10-14-9(8-15-10)6-7-12(4,5)13/h8H,6-7,13H2,1-5H3. The fourth-order valence-electron chi connectivity index (χ4n) is 1.22. The van der Waals surface area contributed by atoms with E-state index in [1.807, 2.05) is 0 Å². The molecule has 0 aliphatic rings. The van der Waals surface area contributed by atoms with Crippen LogP contribution in [0.15, 0.2) is 5.38 Å². The van der Waals surface area contributed by atoms with Gasteiger partial charge in [-0.2, -0.15) is 0 Å². The number of thiazole rings is 1. The van der Waals surface area contributed by atoms with Crippen molar-refractivity contribution < 1.29 is 0 Å². The third-order valence-corrected chi connectivity index (χ3v) is 3.54. The average Bonchev–Trinajstić information content (AvgIpc) is 2.45. The van der Waals surface area contributed by atoms with Gasteiger partial charge in [0, 0.05) is 16.3 Å². The first-order valence-corrected chi connectivity index (χ1v) is 6.30. The molecule has 2 nitrogen and oxygen atoms in total. The quantitative estimate of drug-likeness (QED) is 0.860. The molecule has 0 saturated heterocycles. The first-order chi connectivity index (χ1) is 6.68. The molecule has 1 heterocycles. The second-order valence-corrected chi connectivity index (χ2v) is 6.74. The molecule has 1 aromatic heterocycles. The van der Waals surface area contributed by atoms with Crippen LogP contribution in [-0.4, -0.2) is 10.5 Å². The van der Waals surface area contributed by atoms with E-state index in [0.29, 0.717) is 0 Å². The first-order valence-electron chi connectivity index (χ1n) is 5.42. The third kappa shape index (κ3) is 4.31. The van der Waals surface area contributed by atoms with Crippen LogP contribution < -0.4 is 5.73 Å². The van der Waals surface area contributed by atoms with Gasteiger partial charge in [-0.05, 0) is 26.7 Å². The van der Waals surface area contributed by atoms with Crippen molar-refractivity contribution >= 4 is 11.3 Å². The molecule has 0 bridgehead atoms. The lowest BCUT2D eigenvalue weighted by atomic mass is 9.97. The minimum absolute atomic E-state index is 0.0918. The number of rotatable bonds is 3. The Morgan fingerprint density at radius 3 is 2.27 bits per heavy atom. The summed E-state index contributed by atoms with van der Waals surface area (Å²) in [6, 6.07) is 0. The summed E-state index contributed by atoms with van der Waals surface area (Å²) < 4.78 is 0. The SMILES string of the molecule is CC(C)(N)CCc1csc(C(C)(C)C)n1. The summed E-state index contributed by atoms with van der Waals surface area (Å²) in [6.07, 6.45) is 1.97. The van der Waals surface area contributed by atoms with Gasteiger partial charge < -0.3 is 5.73 Å². The van der Waals surface area contributed by atoms with Crippen LogP contribution >= 0.6 is 11.3 Å². The largest absolute Gasteiger partial charge is 0.326 e. The molecule has 2 N–H and O–H groups in total. The Kier molecular flexibility index (Phi) is 3.56. The lowest BCUT2D eigenvalue weighted by Gasteiger charge is -2.17. The first kappa shape index (κ1) is 12.7. The van der Waals surface area contributed by atoms with E-state index in [2.05, 4.69) is 45.0 Å². The van der Waals surface area contributed by atoms with E-state index >= 15 is 0 Å². The molecule has 0 atom stereocenters. The number of aromatic nitrogens is 1. The number of aryl methyl sites for hydroxylation is 1. The highest BCUT2D eigenvalue weighted by Crippen LogP contribution is 2.26. The van der Waals surface area contributed by atoms with Gasteiger partial charge in [-0.15, -0.1) is 11.3 Å². The van der Waals surface area contributed by atoms with Crippen LogP contribution in [0.4, 0.5) is 0 Å². The molecular formula is C12H22N2S. The predicted octanol–water partition coefficient (Wildman–Crippen LogP) is 3.11. The van der Waals surface area contributed by atoms with Gasteiger partial charge in [0.05, 0.1) is 10.7 Å². The summed E-state index contributed by atoms with van der Waals surface area (Å²) in [6.45, 7) is 10.7. The number of nitrogens with zero attached hydrogens (tertiary/aromatic N) is 1. The minimum Gasteiger partial charge on any atom is -0.326 e. The summed E-state index contributed by atoms with van der Waals surface area (Å²) in [5.41, 5.74) is 7.21. The summed E-state index contributed by atoms with van der Waals surface area (Å²) >= 11 is 1.76. The molecule has 0 fully saturated rings. The van der Waals surface area contributed by atoms with Crippen LogP contribution in [0.25, 0.3) is 0 Å². The molecule has 0 amide bonds. The van der Waals surface area contributed by atoms with Crippen LogP contribution in [0.5, 0.6) is 0 Å². The molecule has 0 saturated carbocycles. The number of nitrogens with two attached hydrogens (primary N) is 1. The van der Waals surface area contributed by atoms with E-state index in [0.717, 1.165) is 12.8 Å². The van der Waals surface area contributed by atoms with Gasteiger partial charge in [-0.25, -0.2) is 4.98 Å². The van der Waals surface area contributed by atoms with Crippen molar-refractivity contribution in [3.05, 3.63) is 16.1 Å². The van der Waals surface area contributed by atoms with E-state index in [9.17, 15) is 0 Å². The zero-order valence-electron chi connectivity index (χ0n) is 10.4. The molecule has 0 aliphatic heterocycles. The predicted molar refractivity (Wildman–Crippen MR) is 67.4 cm³/mol. The van der Waals surface area contributed by atoms with Crippen molar-refractivity contribution in [1.29, 1.82) is 0 Å². The molecular weight excluding hydrogens is 204 g/mol. The third-order valence-electron chi connectivity index (χ3n) is 2.22. The number of hydrogen-bond donors (Lipinski definition) is 1. The summed E-state index contributed by atoms with van der Waals surface area (Å²) in [7, 11) is 0. The Morgan fingerprint density at radius 2 is 1.87 bits per heavy atom. The highest BCUT2D eigenvalue weighted by Gasteiger charge is 2.18. The van der Waals surface area contributed by atoms with E-state index in [1.54, 1.807) is 11.3 Å². The molecule has 3 heteroatoms. The van der Waals surface area contributed by atoms with E-state index in [4.69, 9.17) is 5.73 Å². The molecule has 15 heavy (non-hydrogen) atoms. The fourth-order valence-corrected chi connectivity index (χ4v) is 2.16. The van der Waals surface area contributed by atoms with Crippen LogP contribution in [-0.2, 0) is 11.8 Å². The second-order valence-electron chi connectivity index (χ2n) is 5.88. The molecule has 1 rings (SSSR count). The minimum atomic E-state index is -0.0918. The van der Waals surface area contributed by atoms with Crippen molar-refractivity contribution in [2.24, 2.45) is 5.73 Å². The molecule has 0 spiro atoms. The summed E-state index contributed by atoms with van der Waals surface area (Å²) in [5, 5.41) is 3.37. The molecule has 0 unspecified atom stereocenters. The Balaban J connectivity index is 2.62. The Morgan fingerprint density at radius 1 is 1.27 bits per heavy atom. The molecule has 0 aromatic carbocycles. The van der Waals surface area contributed by atoms with Gasteiger partial charge in [0.15, 0.2) is 0 Å². The van der Waals surface area contributed by atoms with Crippen LogP contribution in [0, 0.1) is 0 Å². The van der Waals surface area contributed by atoms with Crippen molar-refractivity contribution in [3.63, 3.8) is 0 Å². The highest BCUT2D eigenvalue weighted by atomic mass is 32.1. The lowest BCUT2D eigenvalue weighted by Crippen LogP contribution is -2.32. The smallest absolute Gasteiger partial charge is 0.0981 e. The molecule has 1 aromatic rings. The lowest BCUT2D eigenvalue weighted by molar-refractivity contribution is 0.473.